The summed E-state index contributed by atoms with van der Waals surface area (Å²) in [5, 5.41) is 0. The Labute approximate surface area is 217 Å². The van der Waals surface area contributed by atoms with Crippen molar-refractivity contribution in [3.63, 3.8) is 0 Å². The standard InChI is InChI=1S/C28H34O9/c1-19(2)7-13-23-25(35-17-32-5)15-26(36-18-33-6)27(28(23)37-20(3)29)24(30)14-10-21-8-11-22(12-9-21)34-16-31-4/h7-12,14-15H,13,16-18H2,1-6H3/b14-10+. The van der Waals surface area contributed by atoms with Gasteiger partial charge >= 0.3 is 5.97 Å². The molecule has 0 spiro atoms. The van der Waals surface area contributed by atoms with Crippen LogP contribution in [0.5, 0.6) is 23.0 Å². The minimum atomic E-state index is -0.593. The molecule has 0 saturated carbocycles. The number of esters is 1. The minimum Gasteiger partial charge on any atom is -0.468 e. The normalized spacial score (nSPS) is 10.8. The lowest BCUT2D eigenvalue weighted by Crippen LogP contribution is -2.14. The molecule has 0 N–H and O–H groups in total. The van der Waals surface area contributed by atoms with Gasteiger partial charge in [-0.05, 0) is 44.0 Å². The highest BCUT2D eigenvalue weighted by molar-refractivity contribution is 6.11. The van der Waals surface area contributed by atoms with Crippen LogP contribution >= 0.6 is 0 Å². The number of hydrogen-bond acceptors (Lipinski definition) is 9. The fourth-order valence-corrected chi connectivity index (χ4v) is 3.19. The molecule has 0 bridgehead atoms. The fraction of sp³-hybridized carbons (Fsp3) is 0.357. The summed E-state index contributed by atoms with van der Waals surface area (Å²) in [6, 6.07) is 8.69. The van der Waals surface area contributed by atoms with E-state index in [-0.39, 0.29) is 37.4 Å². The Morgan fingerprint density at radius 2 is 1.41 bits per heavy atom. The van der Waals surface area contributed by atoms with Crippen molar-refractivity contribution in [2.45, 2.75) is 27.2 Å². The number of ether oxygens (including phenoxy) is 7. The maximum absolute atomic E-state index is 13.5. The first-order valence-electron chi connectivity index (χ1n) is 11.5. The third-order valence-corrected chi connectivity index (χ3v) is 4.83. The predicted molar refractivity (Wildman–Crippen MR) is 138 cm³/mol. The molecule has 0 aliphatic rings. The van der Waals surface area contributed by atoms with Gasteiger partial charge in [0.25, 0.3) is 0 Å². The summed E-state index contributed by atoms with van der Waals surface area (Å²) in [5.74, 6) is 0.163. The summed E-state index contributed by atoms with van der Waals surface area (Å²) < 4.78 is 37.4. The lowest BCUT2D eigenvalue weighted by molar-refractivity contribution is -0.131. The maximum Gasteiger partial charge on any atom is 0.308 e. The topological polar surface area (TPSA) is 98.8 Å². The average molecular weight is 515 g/mol. The number of benzene rings is 2. The zero-order valence-electron chi connectivity index (χ0n) is 22.1. The SMILES string of the molecule is COCOc1ccc(/C=C/C(=O)c2c(OCOC)cc(OCOC)c(CC=C(C)C)c2OC(C)=O)cc1. The zero-order chi connectivity index (χ0) is 27.2. The van der Waals surface area contributed by atoms with E-state index >= 15 is 0 Å². The first kappa shape index (κ1) is 29.6. The molecule has 9 heteroatoms. The van der Waals surface area contributed by atoms with Gasteiger partial charge in [0, 0.05) is 39.9 Å². The number of carbonyl (C=O) groups excluding carboxylic acids is 2. The van der Waals surface area contributed by atoms with Crippen LogP contribution in [-0.2, 0) is 25.4 Å². The predicted octanol–water partition coefficient (Wildman–Crippen LogP) is 4.96. The average Bonchev–Trinajstić information content (AvgIpc) is 2.87. The Morgan fingerprint density at radius 1 is 0.811 bits per heavy atom. The molecule has 0 aliphatic heterocycles. The molecule has 2 aromatic rings. The van der Waals surface area contributed by atoms with Crippen LogP contribution in [0.1, 0.15) is 42.3 Å². The number of allylic oxidation sites excluding steroid dienone is 3. The molecular formula is C28H34O9. The van der Waals surface area contributed by atoms with Crippen molar-refractivity contribution in [3.8, 4) is 23.0 Å². The van der Waals surface area contributed by atoms with E-state index in [4.69, 9.17) is 33.2 Å². The van der Waals surface area contributed by atoms with E-state index in [1.54, 1.807) is 43.5 Å². The van der Waals surface area contributed by atoms with Crippen molar-refractivity contribution in [2.75, 3.05) is 41.7 Å². The van der Waals surface area contributed by atoms with Crippen LogP contribution < -0.4 is 18.9 Å². The molecule has 2 aromatic carbocycles. The van der Waals surface area contributed by atoms with Gasteiger partial charge in [-0.15, -0.1) is 0 Å². The molecule has 200 valence electrons. The first-order chi connectivity index (χ1) is 17.8. The molecule has 0 aliphatic carbocycles. The maximum atomic E-state index is 13.5. The first-order valence-corrected chi connectivity index (χ1v) is 11.5. The van der Waals surface area contributed by atoms with Gasteiger partial charge < -0.3 is 33.2 Å². The van der Waals surface area contributed by atoms with E-state index < -0.39 is 11.8 Å². The van der Waals surface area contributed by atoms with E-state index in [1.165, 1.54) is 27.2 Å². The Balaban J connectivity index is 2.59. The minimum absolute atomic E-state index is 0.0532. The second-order valence-corrected chi connectivity index (χ2v) is 8.05. The molecular weight excluding hydrogens is 480 g/mol. The largest absolute Gasteiger partial charge is 0.468 e. The highest BCUT2D eigenvalue weighted by atomic mass is 16.7. The van der Waals surface area contributed by atoms with E-state index in [1.807, 2.05) is 19.9 Å². The second-order valence-electron chi connectivity index (χ2n) is 8.05. The highest BCUT2D eigenvalue weighted by Crippen LogP contribution is 2.41. The van der Waals surface area contributed by atoms with E-state index in [2.05, 4.69) is 0 Å². The molecule has 0 fully saturated rings. The molecule has 0 radical (unpaired) electrons. The third-order valence-electron chi connectivity index (χ3n) is 4.83. The second kappa shape index (κ2) is 15.5. The van der Waals surface area contributed by atoms with Crippen molar-refractivity contribution < 1.29 is 42.7 Å². The third kappa shape index (κ3) is 9.38. The molecule has 0 unspecified atom stereocenters. The lowest BCUT2D eigenvalue weighted by Gasteiger charge is -2.20. The van der Waals surface area contributed by atoms with Crippen molar-refractivity contribution >= 4 is 17.8 Å². The number of carbonyl (C=O) groups is 2. The van der Waals surface area contributed by atoms with Crippen LogP contribution in [0.25, 0.3) is 6.08 Å². The van der Waals surface area contributed by atoms with Gasteiger partial charge in [-0.1, -0.05) is 29.9 Å². The van der Waals surface area contributed by atoms with Gasteiger partial charge in [0.15, 0.2) is 31.9 Å². The summed E-state index contributed by atoms with van der Waals surface area (Å²) in [4.78, 5) is 25.6. The highest BCUT2D eigenvalue weighted by Gasteiger charge is 2.26. The zero-order valence-corrected chi connectivity index (χ0v) is 22.1. The van der Waals surface area contributed by atoms with Gasteiger partial charge in [-0.3, -0.25) is 9.59 Å². The Morgan fingerprint density at radius 3 is 1.97 bits per heavy atom. The van der Waals surface area contributed by atoms with E-state index in [0.717, 1.165) is 11.1 Å². The monoisotopic (exact) mass is 514 g/mol. The Bertz CT molecular complexity index is 1100. The molecule has 0 amide bonds. The molecule has 37 heavy (non-hydrogen) atoms. The van der Waals surface area contributed by atoms with Gasteiger partial charge in [0.05, 0.1) is 0 Å². The van der Waals surface area contributed by atoms with Gasteiger partial charge in [0.2, 0.25) is 0 Å². The summed E-state index contributed by atoms with van der Waals surface area (Å²) in [6.45, 7) is 5.09. The van der Waals surface area contributed by atoms with Gasteiger partial charge in [-0.25, -0.2) is 0 Å². The molecule has 0 aromatic heterocycles. The Kier molecular flexibility index (Phi) is 12.3. The molecule has 2 rings (SSSR count). The van der Waals surface area contributed by atoms with Crippen LogP contribution in [0.2, 0.25) is 0 Å². The summed E-state index contributed by atoms with van der Waals surface area (Å²) in [6.07, 6.45) is 5.31. The molecule has 0 saturated heterocycles. The van der Waals surface area contributed by atoms with E-state index in [0.29, 0.717) is 23.5 Å². The number of ketones is 1. The van der Waals surface area contributed by atoms with Crippen LogP contribution in [0, 0.1) is 0 Å². The quantitative estimate of drug-likeness (QED) is 0.0815. The summed E-state index contributed by atoms with van der Waals surface area (Å²) >= 11 is 0. The van der Waals surface area contributed by atoms with Crippen LogP contribution in [0.15, 0.2) is 48.1 Å². The van der Waals surface area contributed by atoms with Crippen molar-refractivity contribution in [2.24, 2.45) is 0 Å². The van der Waals surface area contributed by atoms with Crippen molar-refractivity contribution in [1.82, 2.24) is 0 Å². The molecule has 0 atom stereocenters. The molecule has 0 heterocycles. The number of methoxy groups -OCH3 is 3. The van der Waals surface area contributed by atoms with Crippen molar-refractivity contribution in [3.05, 3.63) is 64.7 Å². The summed E-state index contributed by atoms with van der Waals surface area (Å²) in [7, 11) is 4.49. The van der Waals surface area contributed by atoms with Crippen LogP contribution in [0.4, 0.5) is 0 Å². The fourth-order valence-electron chi connectivity index (χ4n) is 3.19. The van der Waals surface area contributed by atoms with Crippen LogP contribution in [-0.4, -0.2) is 53.5 Å². The molecule has 9 nitrogen and oxygen atoms in total. The lowest BCUT2D eigenvalue weighted by atomic mass is 9.98. The van der Waals surface area contributed by atoms with Gasteiger partial charge in [-0.2, -0.15) is 0 Å². The van der Waals surface area contributed by atoms with E-state index in [9.17, 15) is 9.59 Å². The number of rotatable bonds is 15. The number of hydrogen-bond donors (Lipinski definition) is 0. The smallest absolute Gasteiger partial charge is 0.308 e. The van der Waals surface area contributed by atoms with Crippen molar-refractivity contribution in [1.29, 1.82) is 0 Å². The van der Waals surface area contributed by atoms with Crippen LogP contribution in [0.3, 0.4) is 0 Å². The van der Waals surface area contributed by atoms with Gasteiger partial charge in [0.1, 0.15) is 22.8 Å². The summed E-state index contributed by atoms with van der Waals surface area (Å²) in [5.41, 5.74) is 2.38. The Hall–Kier alpha value is -3.66.